The summed E-state index contributed by atoms with van der Waals surface area (Å²) in [5.41, 5.74) is 2.25. The highest BCUT2D eigenvalue weighted by Gasteiger charge is 2.04. The first-order chi connectivity index (χ1) is 7.45. The molecule has 0 saturated carbocycles. The minimum absolute atomic E-state index is 0.631. The van der Waals surface area contributed by atoms with Gasteiger partial charge in [0.15, 0.2) is 0 Å². The van der Waals surface area contributed by atoms with Gasteiger partial charge >= 0.3 is 0 Å². The fraction of sp³-hybridized carbons (Fsp3) is 0.0833. The Balaban J connectivity index is 2.19. The summed E-state index contributed by atoms with van der Waals surface area (Å²) in [6, 6.07) is 4.09. The topological polar surface area (TPSA) is 27.1 Å². The molecule has 0 saturated heterocycles. The second-order valence-electron chi connectivity index (χ2n) is 3.39. The Morgan fingerprint density at radius 1 is 1.33 bits per heavy atom. The van der Waals surface area contributed by atoms with E-state index in [0.29, 0.717) is 6.61 Å². The molecular weight excluding hydrogens is 188 g/mol. The van der Waals surface area contributed by atoms with Gasteiger partial charge < -0.3 is 9.30 Å². The number of aromatic nitrogens is 2. The van der Waals surface area contributed by atoms with Gasteiger partial charge in [0, 0.05) is 23.5 Å². The molecule has 0 atom stereocenters. The van der Waals surface area contributed by atoms with E-state index >= 15 is 0 Å². The Kier molecular flexibility index (Phi) is 1.81. The van der Waals surface area contributed by atoms with E-state index in [-0.39, 0.29) is 0 Å². The van der Waals surface area contributed by atoms with Crippen LogP contribution in [0.2, 0.25) is 0 Å². The molecule has 3 nitrogen and oxygen atoms in total. The predicted octanol–water partition coefficient (Wildman–Crippen LogP) is 2.42. The number of ether oxygens (including phenoxy) is 1. The van der Waals surface area contributed by atoms with Crippen molar-refractivity contribution in [3.05, 3.63) is 49.1 Å². The lowest BCUT2D eigenvalue weighted by Gasteiger charge is -2.10. The highest BCUT2D eigenvalue weighted by Crippen LogP contribution is 2.20. The van der Waals surface area contributed by atoms with Crippen LogP contribution in [0.15, 0.2) is 49.1 Å². The maximum absolute atomic E-state index is 5.12. The van der Waals surface area contributed by atoms with Gasteiger partial charge in [-0.2, -0.15) is 0 Å². The van der Waals surface area contributed by atoms with Gasteiger partial charge in [-0.25, -0.2) is 0 Å². The summed E-state index contributed by atoms with van der Waals surface area (Å²) < 4.78 is 7.24. The average Bonchev–Trinajstić information content (AvgIpc) is 2.74. The Bertz CT molecular complexity index is 552. The summed E-state index contributed by atoms with van der Waals surface area (Å²) in [6.07, 6.45) is 11.5. The molecule has 15 heavy (non-hydrogen) atoms. The minimum Gasteiger partial charge on any atom is -0.497 e. The lowest BCUT2D eigenvalue weighted by Crippen LogP contribution is -1.98. The van der Waals surface area contributed by atoms with Gasteiger partial charge in [0.2, 0.25) is 0 Å². The second-order valence-corrected chi connectivity index (χ2v) is 3.39. The Morgan fingerprint density at radius 2 is 2.33 bits per heavy atom. The van der Waals surface area contributed by atoms with Gasteiger partial charge in [0.25, 0.3) is 0 Å². The van der Waals surface area contributed by atoms with Crippen molar-refractivity contribution in [2.45, 2.75) is 0 Å². The van der Waals surface area contributed by atoms with E-state index in [1.165, 1.54) is 5.39 Å². The molecule has 0 amide bonds. The lowest BCUT2D eigenvalue weighted by molar-refractivity contribution is 0.286. The summed E-state index contributed by atoms with van der Waals surface area (Å²) in [4.78, 5) is 4.14. The number of hydrogen-bond donors (Lipinski definition) is 0. The van der Waals surface area contributed by atoms with E-state index in [9.17, 15) is 0 Å². The van der Waals surface area contributed by atoms with Gasteiger partial charge in [0.1, 0.15) is 6.61 Å². The number of fused-ring (bicyclic) bond motifs is 1. The summed E-state index contributed by atoms with van der Waals surface area (Å²) in [7, 11) is 0. The van der Waals surface area contributed by atoms with Crippen molar-refractivity contribution < 1.29 is 4.74 Å². The standard InChI is InChI=1S/C12H10N2O/c1-5-13-9-12-10(1)2-6-14(12)11-3-7-15-8-4-11/h1-7,9H,8H2. The molecular formula is C12H10N2O. The van der Waals surface area contributed by atoms with Crippen LogP contribution < -0.4 is 0 Å². The number of nitrogens with zero attached hydrogens (tertiary/aromatic N) is 2. The summed E-state index contributed by atoms with van der Waals surface area (Å²) in [5.74, 6) is 0. The number of allylic oxidation sites excluding steroid dienone is 2. The monoisotopic (exact) mass is 198 g/mol. The second kappa shape index (κ2) is 3.28. The summed E-state index contributed by atoms with van der Waals surface area (Å²) in [5, 5.41) is 1.20. The van der Waals surface area contributed by atoms with Crippen LogP contribution in [-0.2, 0) is 4.74 Å². The Hall–Kier alpha value is -2.03. The van der Waals surface area contributed by atoms with Crippen molar-refractivity contribution in [1.29, 1.82) is 0 Å². The van der Waals surface area contributed by atoms with Crippen LogP contribution in [0.3, 0.4) is 0 Å². The molecule has 0 bridgehead atoms. The van der Waals surface area contributed by atoms with Crippen LogP contribution in [-0.4, -0.2) is 16.2 Å². The third-order valence-electron chi connectivity index (χ3n) is 2.50. The molecule has 3 rings (SSSR count). The maximum Gasteiger partial charge on any atom is 0.108 e. The fourth-order valence-electron chi connectivity index (χ4n) is 1.75. The molecule has 1 aliphatic heterocycles. The SMILES string of the molecule is C1=CC(n2ccc3ccncc32)=CCO1. The van der Waals surface area contributed by atoms with Crippen molar-refractivity contribution in [3.63, 3.8) is 0 Å². The van der Waals surface area contributed by atoms with Crippen LogP contribution in [0, 0.1) is 0 Å². The van der Waals surface area contributed by atoms with Crippen LogP contribution in [0.4, 0.5) is 0 Å². The van der Waals surface area contributed by atoms with Gasteiger partial charge in [-0.3, -0.25) is 4.98 Å². The maximum atomic E-state index is 5.12. The van der Waals surface area contributed by atoms with E-state index in [2.05, 4.69) is 15.6 Å². The fourth-order valence-corrected chi connectivity index (χ4v) is 1.75. The zero-order valence-electron chi connectivity index (χ0n) is 8.13. The van der Waals surface area contributed by atoms with E-state index < -0.39 is 0 Å². The first kappa shape index (κ1) is 8.29. The van der Waals surface area contributed by atoms with Crippen molar-refractivity contribution in [1.82, 2.24) is 9.55 Å². The van der Waals surface area contributed by atoms with E-state index in [1.54, 1.807) is 12.5 Å². The molecule has 2 aromatic rings. The zero-order valence-corrected chi connectivity index (χ0v) is 8.13. The van der Waals surface area contributed by atoms with Crippen LogP contribution in [0.5, 0.6) is 0 Å². The van der Waals surface area contributed by atoms with Crippen LogP contribution >= 0.6 is 0 Å². The van der Waals surface area contributed by atoms with E-state index in [1.807, 2.05) is 30.6 Å². The quantitative estimate of drug-likeness (QED) is 0.703. The Labute approximate surface area is 87.3 Å². The van der Waals surface area contributed by atoms with Crippen molar-refractivity contribution >= 4 is 16.6 Å². The lowest BCUT2D eigenvalue weighted by atomic mass is 10.3. The number of rotatable bonds is 1. The molecule has 2 aromatic heterocycles. The number of pyridine rings is 1. The highest BCUT2D eigenvalue weighted by molar-refractivity contribution is 5.83. The summed E-state index contributed by atoms with van der Waals surface area (Å²) in [6.45, 7) is 0.631. The normalized spacial score (nSPS) is 15.1. The highest BCUT2D eigenvalue weighted by atomic mass is 16.5. The van der Waals surface area contributed by atoms with Crippen LogP contribution in [0.1, 0.15) is 0 Å². The van der Waals surface area contributed by atoms with Gasteiger partial charge in [-0.1, -0.05) is 0 Å². The van der Waals surface area contributed by atoms with Gasteiger partial charge in [-0.05, 0) is 24.3 Å². The molecule has 1 aliphatic rings. The summed E-state index contributed by atoms with van der Waals surface area (Å²) >= 11 is 0. The molecule has 0 radical (unpaired) electrons. The predicted molar refractivity (Wildman–Crippen MR) is 59.1 cm³/mol. The molecule has 0 aromatic carbocycles. The third kappa shape index (κ3) is 1.32. The van der Waals surface area contributed by atoms with Gasteiger partial charge in [-0.15, -0.1) is 0 Å². The molecule has 0 unspecified atom stereocenters. The third-order valence-corrected chi connectivity index (χ3v) is 2.50. The molecule has 74 valence electrons. The smallest absolute Gasteiger partial charge is 0.108 e. The Morgan fingerprint density at radius 3 is 3.20 bits per heavy atom. The molecule has 3 heterocycles. The molecule has 0 fully saturated rings. The van der Waals surface area contributed by atoms with E-state index in [0.717, 1.165) is 11.2 Å². The van der Waals surface area contributed by atoms with Crippen molar-refractivity contribution in [2.75, 3.05) is 6.61 Å². The molecule has 0 spiro atoms. The average molecular weight is 198 g/mol. The largest absolute Gasteiger partial charge is 0.497 e. The zero-order chi connectivity index (χ0) is 10.1. The minimum atomic E-state index is 0.631. The molecule has 0 aliphatic carbocycles. The molecule has 3 heteroatoms. The molecule has 0 N–H and O–H groups in total. The first-order valence-corrected chi connectivity index (χ1v) is 4.85. The van der Waals surface area contributed by atoms with E-state index in [4.69, 9.17) is 4.74 Å². The van der Waals surface area contributed by atoms with Crippen molar-refractivity contribution in [3.8, 4) is 0 Å². The van der Waals surface area contributed by atoms with Gasteiger partial charge in [0.05, 0.1) is 18.0 Å². The van der Waals surface area contributed by atoms with Crippen molar-refractivity contribution in [2.24, 2.45) is 0 Å². The van der Waals surface area contributed by atoms with Crippen LogP contribution in [0.25, 0.3) is 16.6 Å². The number of hydrogen-bond acceptors (Lipinski definition) is 2. The first-order valence-electron chi connectivity index (χ1n) is 4.85.